The van der Waals surface area contributed by atoms with Gasteiger partial charge in [-0.05, 0) is 31.5 Å². The fourth-order valence-electron chi connectivity index (χ4n) is 1.73. The molecular formula is C13H19ClN4O2S. The molecule has 2 aromatic rings. The van der Waals surface area contributed by atoms with Gasteiger partial charge in [0.05, 0.1) is 18.1 Å². The molecule has 0 fully saturated rings. The summed E-state index contributed by atoms with van der Waals surface area (Å²) >= 11 is 0. The Hall–Kier alpha value is -1.41. The second kappa shape index (κ2) is 8.14. The van der Waals surface area contributed by atoms with Crippen molar-refractivity contribution in [3.8, 4) is 5.69 Å². The van der Waals surface area contributed by atoms with Crippen LogP contribution in [0.3, 0.4) is 0 Å². The number of hydrogen-bond donors (Lipinski definition) is 2. The Morgan fingerprint density at radius 2 is 1.90 bits per heavy atom. The van der Waals surface area contributed by atoms with Crippen LogP contribution in [-0.2, 0) is 10.0 Å². The SMILES string of the molecule is Cl.NCCCCNS(=O)(=O)c1cnn(-c2ccccc2)c1. The highest BCUT2D eigenvalue weighted by Gasteiger charge is 2.16. The van der Waals surface area contributed by atoms with E-state index in [1.54, 1.807) is 0 Å². The lowest BCUT2D eigenvalue weighted by molar-refractivity contribution is 0.577. The van der Waals surface area contributed by atoms with Crippen molar-refractivity contribution < 1.29 is 8.42 Å². The van der Waals surface area contributed by atoms with Crippen molar-refractivity contribution >= 4 is 22.4 Å². The minimum absolute atomic E-state index is 0. The summed E-state index contributed by atoms with van der Waals surface area (Å²) in [5, 5.41) is 4.07. The third-order valence-electron chi connectivity index (χ3n) is 2.81. The monoisotopic (exact) mass is 330 g/mol. The number of halogens is 1. The number of rotatable bonds is 7. The highest BCUT2D eigenvalue weighted by molar-refractivity contribution is 7.89. The molecule has 6 nitrogen and oxygen atoms in total. The van der Waals surface area contributed by atoms with Gasteiger partial charge in [-0.3, -0.25) is 0 Å². The normalized spacial score (nSPS) is 11.1. The summed E-state index contributed by atoms with van der Waals surface area (Å²) in [4.78, 5) is 0.161. The zero-order valence-corrected chi connectivity index (χ0v) is 13.1. The fraction of sp³-hybridized carbons (Fsp3) is 0.308. The minimum atomic E-state index is -3.50. The molecule has 0 atom stereocenters. The lowest BCUT2D eigenvalue weighted by atomic mass is 10.3. The maximum Gasteiger partial charge on any atom is 0.243 e. The van der Waals surface area contributed by atoms with E-state index in [4.69, 9.17) is 5.73 Å². The molecule has 0 saturated heterocycles. The Labute approximate surface area is 130 Å². The van der Waals surface area contributed by atoms with Crippen LogP contribution in [0, 0.1) is 0 Å². The first-order valence-corrected chi connectivity index (χ1v) is 7.91. The lowest BCUT2D eigenvalue weighted by Crippen LogP contribution is -2.24. The Bertz CT molecular complexity index is 643. The third-order valence-corrected chi connectivity index (χ3v) is 4.23. The zero-order valence-electron chi connectivity index (χ0n) is 11.5. The van der Waals surface area contributed by atoms with Gasteiger partial charge in [0.1, 0.15) is 4.90 Å². The van der Waals surface area contributed by atoms with Crippen LogP contribution in [0.1, 0.15) is 12.8 Å². The number of unbranched alkanes of at least 4 members (excludes halogenated alkanes) is 1. The highest BCUT2D eigenvalue weighted by Crippen LogP contribution is 2.11. The molecule has 0 aliphatic heterocycles. The molecule has 0 amide bonds. The Kier molecular flexibility index (Phi) is 6.83. The van der Waals surface area contributed by atoms with E-state index in [1.807, 2.05) is 30.3 Å². The van der Waals surface area contributed by atoms with E-state index in [1.165, 1.54) is 17.1 Å². The van der Waals surface area contributed by atoms with E-state index in [2.05, 4.69) is 9.82 Å². The van der Waals surface area contributed by atoms with Crippen LogP contribution in [-0.4, -0.2) is 31.3 Å². The van der Waals surface area contributed by atoms with Crippen molar-refractivity contribution in [1.82, 2.24) is 14.5 Å². The fourth-order valence-corrected chi connectivity index (χ4v) is 2.73. The molecule has 0 bridgehead atoms. The van der Waals surface area contributed by atoms with Crippen LogP contribution in [0.4, 0.5) is 0 Å². The maximum atomic E-state index is 12.0. The Balaban J connectivity index is 0.00000220. The molecule has 2 rings (SSSR count). The number of benzene rings is 1. The van der Waals surface area contributed by atoms with E-state index in [0.29, 0.717) is 13.1 Å². The lowest BCUT2D eigenvalue weighted by Gasteiger charge is -2.03. The summed E-state index contributed by atoms with van der Waals surface area (Å²) in [5.41, 5.74) is 6.18. The van der Waals surface area contributed by atoms with Gasteiger partial charge in [0.25, 0.3) is 0 Å². The van der Waals surface area contributed by atoms with Gasteiger partial charge in [0.15, 0.2) is 0 Å². The molecular weight excluding hydrogens is 312 g/mol. The summed E-state index contributed by atoms with van der Waals surface area (Å²) < 4.78 is 28.2. The summed E-state index contributed by atoms with van der Waals surface area (Å²) in [5.74, 6) is 0. The standard InChI is InChI=1S/C13H18N4O2S.ClH/c14-8-4-5-9-16-20(18,19)13-10-15-17(11-13)12-6-2-1-3-7-12;/h1-3,6-7,10-11,16H,4-5,8-9,14H2;1H. The summed E-state index contributed by atoms with van der Waals surface area (Å²) in [6.07, 6.45) is 4.37. The van der Waals surface area contributed by atoms with E-state index < -0.39 is 10.0 Å². The molecule has 0 spiro atoms. The first-order chi connectivity index (χ1) is 9.63. The number of sulfonamides is 1. The van der Waals surface area contributed by atoms with E-state index >= 15 is 0 Å². The number of nitrogens with two attached hydrogens (primary N) is 1. The second-order valence-corrected chi connectivity index (χ2v) is 6.12. The van der Waals surface area contributed by atoms with Crippen molar-refractivity contribution in [3.05, 3.63) is 42.7 Å². The third kappa shape index (κ3) is 4.82. The van der Waals surface area contributed by atoms with Gasteiger partial charge in [0.2, 0.25) is 10.0 Å². The number of hydrogen-bond acceptors (Lipinski definition) is 4. The average Bonchev–Trinajstić information content (AvgIpc) is 2.95. The van der Waals surface area contributed by atoms with Crippen LogP contribution in [0.2, 0.25) is 0 Å². The highest BCUT2D eigenvalue weighted by atomic mass is 35.5. The molecule has 0 saturated carbocycles. The van der Waals surface area contributed by atoms with Crippen LogP contribution in [0.5, 0.6) is 0 Å². The number of nitrogens with zero attached hydrogens (tertiary/aromatic N) is 2. The molecule has 1 aromatic carbocycles. The topological polar surface area (TPSA) is 90.0 Å². The van der Waals surface area contributed by atoms with Crippen molar-refractivity contribution in [1.29, 1.82) is 0 Å². The maximum absolute atomic E-state index is 12.0. The molecule has 0 unspecified atom stereocenters. The molecule has 0 radical (unpaired) electrons. The summed E-state index contributed by atoms with van der Waals surface area (Å²) in [6.45, 7) is 0.948. The van der Waals surface area contributed by atoms with Gasteiger partial charge >= 0.3 is 0 Å². The van der Waals surface area contributed by atoms with Crippen molar-refractivity contribution in [2.24, 2.45) is 5.73 Å². The minimum Gasteiger partial charge on any atom is -0.330 e. The first kappa shape index (κ1) is 17.6. The summed E-state index contributed by atoms with van der Waals surface area (Å²) in [7, 11) is -3.50. The van der Waals surface area contributed by atoms with E-state index in [9.17, 15) is 8.42 Å². The first-order valence-electron chi connectivity index (χ1n) is 6.43. The average molecular weight is 331 g/mol. The number of nitrogens with one attached hydrogen (secondary N) is 1. The van der Waals surface area contributed by atoms with Gasteiger partial charge in [-0.2, -0.15) is 5.10 Å². The molecule has 1 heterocycles. The molecule has 8 heteroatoms. The van der Waals surface area contributed by atoms with Gasteiger partial charge in [-0.25, -0.2) is 17.8 Å². The smallest absolute Gasteiger partial charge is 0.243 e. The Morgan fingerprint density at radius 3 is 2.57 bits per heavy atom. The van der Waals surface area contributed by atoms with Gasteiger partial charge in [0, 0.05) is 6.54 Å². The largest absolute Gasteiger partial charge is 0.330 e. The van der Waals surface area contributed by atoms with Crippen LogP contribution in [0.25, 0.3) is 5.69 Å². The molecule has 0 aliphatic rings. The van der Waals surface area contributed by atoms with Crippen molar-refractivity contribution in [2.45, 2.75) is 17.7 Å². The molecule has 1 aromatic heterocycles. The number of aromatic nitrogens is 2. The zero-order chi connectivity index (χ0) is 14.4. The molecule has 21 heavy (non-hydrogen) atoms. The predicted molar refractivity (Wildman–Crippen MR) is 84.3 cm³/mol. The molecule has 116 valence electrons. The number of para-hydroxylation sites is 1. The van der Waals surface area contributed by atoms with Crippen LogP contribution < -0.4 is 10.5 Å². The Morgan fingerprint density at radius 1 is 1.19 bits per heavy atom. The van der Waals surface area contributed by atoms with Crippen molar-refractivity contribution in [2.75, 3.05) is 13.1 Å². The van der Waals surface area contributed by atoms with Crippen LogP contribution in [0.15, 0.2) is 47.6 Å². The van der Waals surface area contributed by atoms with Crippen LogP contribution >= 0.6 is 12.4 Å². The molecule has 0 aliphatic carbocycles. The second-order valence-electron chi connectivity index (χ2n) is 4.35. The quantitative estimate of drug-likeness (QED) is 0.749. The van der Waals surface area contributed by atoms with Gasteiger partial charge in [-0.1, -0.05) is 18.2 Å². The molecule has 3 N–H and O–H groups in total. The summed E-state index contributed by atoms with van der Waals surface area (Å²) in [6, 6.07) is 9.35. The van der Waals surface area contributed by atoms with E-state index in [-0.39, 0.29) is 17.3 Å². The van der Waals surface area contributed by atoms with Gasteiger partial charge in [-0.15, -0.1) is 12.4 Å². The van der Waals surface area contributed by atoms with E-state index in [0.717, 1.165) is 18.5 Å². The van der Waals surface area contributed by atoms with Crippen molar-refractivity contribution in [3.63, 3.8) is 0 Å². The van der Waals surface area contributed by atoms with Gasteiger partial charge < -0.3 is 5.73 Å². The predicted octanol–water partition coefficient (Wildman–Crippen LogP) is 1.31.